The predicted octanol–water partition coefficient (Wildman–Crippen LogP) is 5.24. The number of amides is 1. The molecule has 10 heteroatoms. The van der Waals surface area contributed by atoms with Crippen molar-refractivity contribution in [2.75, 3.05) is 37.9 Å². The highest BCUT2D eigenvalue weighted by Gasteiger charge is 2.24. The molecule has 2 heterocycles. The molecule has 0 N–H and O–H groups in total. The molecule has 0 aliphatic carbocycles. The van der Waals surface area contributed by atoms with E-state index in [1.165, 1.54) is 12.4 Å². The minimum absolute atomic E-state index is 0.121. The molecule has 1 aliphatic heterocycles. The smallest absolute Gasteiger partial charge is 0.246 e. The normalized spacial score (nSPS) is 14.3. The fraction of sp³-hybridized carbons (Fsp3) is 0.261. The Balaban J connectivity index is 1.76. The SMILES string of the molecule is C=CC(=O)N1CCN(c2ncnc3c(F)c(-c4cc(N=NCF)ccc4C)c(Cl)cc23)CC1. The van der Waals surface area contributed by atoms with Crippen molar-refractivity contribution in [2.24, 2.45) is 10.2 Å². The molecule has 33 heavy (non-hydrogen) atoms. The maximum absolute atomic E-state index is 15.8. The molecule has 4 rings (SSSR count). The number of aryl methyl sites for hydroxylation is 1. The van der Waals surface area contributed by atoms with Gasteiger partial charge in [0.25, 0.3) is 0 Å². The molecule has 2 aromatic carbocycles. The zero-order valence-electron chi connectivity index (χ0n) is 17.9. The van der Waals surface area contributed by atoms with Gasteiger partial charge < -0.3 is 9.80 Å². The van der Waals surface area contributed by atoms with Crippen LogP contribution in [0.3, 0.4) is 0 Å². The third kappa shape index (κ3) is 4.41. The van der Waals surface area contributed by atoms with Crippen LogP contribution >= 0.6 is 11.6 Å². The second kappa shape index (κ2) is 9.58. The molecule has 7 nitrogen and oxygen atoms in total. The number of alkyl halides is 1. The number of rotatable bonds is 5. The highest BCUT2D eigenvalue weighted by molar-refractivity contribution is 6.34. The lowest BCUT2D eigenvalue weighted by atomic mass is 9.97. The number of benzene rings is 2. The number of halogens is 3. The van der Waals surface area contributed by atoms with Gasteiger partial charge in [0.2, 0.25) is 5.91 Å². The van der Waals surface area contributed by atoms with Crippen LogP contribution in [0.1, 0.15) is 5.56 Å². The van der Waals surface area contributed by atoms with Crippen LogP contribution in [-0.4, -0.2) is 53.8 Å². The van der Waals surface area contributed by atoms with Gasteiger partial charge in [-0.2, -0.15) is 10.2 Å². The summed E-state index contributed by atoms with van der Waals surface area (Å²) in [6.45, 7) is 6.48. The van der Waals surface area contributed by atoms with E-state index in [2.05, 4.69) is 26.8 Å². The van der Waals surface area contributed by atoms with Gasteiger partial charge in [-0.1, -0.05) is 24.2 Å². The lowest BCUT2D eigenvalue weighted by Crippen LogP contribution is -2.48. The number of aromatic nitrogens is 2. The van der Waals surface area contributed by atoms with Crippen molar-refractivity contribution in [3.8, 4) is 11.1 Å². The third-order valence-electron chi connectivity index (χ3n) is 5.60. The number of fused-ring (bicyclic) bond motifs is 1. The highest BCUT2D eigenvalue weighted by Crippen LogP contribution is 2.40. The van der Waals surface area contributed by atoms with Gasteiger partial charge in [0.1, 0.15) is 17.7 Å². The topological polar surface area (TPSA) is 74.1 Å². The number of piperazine rings is 1. The number of carbonyl (C=O) groups excluding carboxylic acids is 1. The van der Waals surface area contributed by atoms with Gasteiger partial charge in [0, 0.05) is 37.1 Å². The second-order valence-corrected chi connectivity index (χ2v) is 7.92. The van der Waals surface area contributed by atoms with Crippen LogP contribution in [0.2, 0.25) is 5.02 Å². The van der Waals surface area contributed by atoms with E-state index in [-0.39, 0.29) is 22.0 Å². The van der Waals surface area contributed by atoms with Crippen molar-refractivity contribution in [3.05, 3.63) is 59.7 Å². The quantitative estimate of drug-likeness (QED) is 0.290. The predicted molar refractivity (Wildman–Crippen MR) is 124 cm³/mol. The van der Waals surface area contributed by atoms with Crippen molar-refractivity contribution >= 4 is 39.9 Å². The Labute approximate surface area is 194 Å². The lowest BCUT2D eigenvalue weighted by molar-refractivity contribution is -0.126. The van der Waals surface area contributed by atoms with E-state index < -0.39 is 12.6 Å². The number of hydrogen-bond donors (Lipinski definition) is 0. The van der Waals surface area contributed by atoms with Crippen LogP contribution in [0.4, 0.5) is 20.3 Å². The second-order valence-electron chi connectivity index (χ2n) is 7.52. The Kier molecular flexibility index (Phi) is 6.60. The molecule has 1 aliphatic rings. The van der Waals surface area contributed by atoms with E-state index in [0.29, 0.717) is 48.6 Å². The van der Waals surface area contributed by atoms with Crippen LogP contribution < -0.4 is 4.90 Å². The average Bonchev–Trinajstić information content (AvgIpc) is 2.83. The molecule has 0 spiro atoms. The first-order valence-corrected chi connectivity index (χ1v) is 10.7. The first-order valence-electron chi connectivity index (χ1n) is 10.3. The average molecular weight is 471 g/mol. The van der Waals surface area contributed by atoms with E-state index in [4.69, 9.17) is 11.6 Å². The maximum atomic E-state index is 15.8. The number of hydrogen-bond acceptors (Lipinski definition) is 6. The van der Waals surface area contributed by atoms with Crippen molar-refractivity contribution in [2.45, 2.75) is 6.92 Å². The molecular weight excluding hydrogens is 450 g/mol. The molecule has 0 bridgehead atoms. The van der Waals surface area contributed by atoms with Crippen LogP contribution in [0.15, 0.2) is 53.5 Å². The van der Waals surface area contributed by atoms with Gasteiger partial charge in [0.15, 0.2) is 12.6 Å². The van der Waals surface area contributed by atoms with Gasteiger partial charge in [-0.15, -0.1) is 0 Å². The highest BCUT2D eigenvalue weighted by atomic mass is 35.5. The van der Waals surface area contributed by atoms with Crippen molar-refractivity contribution in [1.29, 1.82) is 0 Å². The summed E-state index contributed by atoms with van der Waals surface area (Å²) in [5.74, 6) is -0.144. The summed E-state index contributed by atoms with van der Waals surface area (Å²) in [5.41, 5.74) is 2.00. The minimum atomic E-state index is -0.940. The van der Waals surface area contributed by atoms with Gasteiger partial charge in [-0.05, 0) is 42.3 Å². The molecule has 0 atom stereocenters. The van der Waals surface area contributed by atoms with Gasteiger partial charge in [-0.25, -0.2) is 18.7 Å². The van der Waals surface area contributed by atoms with E-state index >= 15 is 4.39 Å². The van der Waals surface area contributed by atoms with E-state index in [9.17, 15) is 9.18 Å². The molecule has 0 radical (unpaired) electrons. The summed E-state index contributed by atoms with van der Waals surface area (Å²) < 4.78 is 28.1. The maximum Gasteiger partial charge on any atom is 0.246 e. The molecule has 170 valence electrons. The summed E-state index contributed by atoms with van der Waals surface area (Å²) in [5, 5.41) is 7.83. The summed E-state index contributed by atoms with van der Waals surface area (Å²) in [4.78, 5) is 24.1. The van der Waals surface area contributed by atoms with Crippen LogP contribution in [0.25, 0.3) is 22.0 Å². The Morgan fingerprint density at radius 1 is 1.24 bits per heavy atom. The lowest BCUT2D eigenvalue weighted by Gasteiger charge is -2.35. The third-order valence-corrected chi connectivity index (χ3v) is 5.89. The summed E-state index contributed by atoms with van der Waals surface area (Å²) >= 11 is 6.57. The van der Waals surface area contributed by atoms with Gasteiger partial charge in [-0.3, -0.25) is 4.79 Å². The first-order chi connectivity index (χ1) is 15.9. The van der Waals surface area contributed by atoms with Crippen molar-refractivity contribution < 1.29 is 13.6 Å². The zero-order valence-corrected chi connectivity index (χ0v) is 18.7. The summed E-state index contributed by atoms with van der Waals surface area (Å²) in [6, 6.07) is 6.68. The van der Waals surface area contributed by atoms with Crippen LogP contribution in [-0.2, 0) is 4.79 Å². The van der Waals surface area contributed by atoms with E-state index in [1.807, 2.05) is 11.8 Å². The van der Waals surface area contributed by atoms with Gasteiger partial charge in [0.05, 0.1) is 10.7 Å². The number of anilines is 1. The Morgan fingerprint density at radius 3 is 2.70 bits per heavy atom. The van der Waals surface area contributed by atoms with Crippen LogP contribution in [0, 0.1) is 12.7 Å². The largest absolute Gasteiger partial charge is 0.352 e. The molecule has 0 saturated carbocycles. The number of nitrogens with zero attached hydrogens (tertiary/aromatic N) is 6. The fourth-order valence-corrected chi connectivity index (χ4v) is 4.23. The number of azo groups is 1. The Morgan fingerprint density at radius 2 is 2.00 bits per heavy atom. The number of carbonyl (C=O) groups is 1. The fourth-order valence-electron chi connectivity index (χ4n) is 3.93. The van der Waals surface area contributed by atoms with E-state index in [1.54, 1.807) is 29.2 Å². The van der Waals surface area contributed by atoms with Crippen molar-refractivity contribution in [3.63, 3.8) is 0 Å². The molecule has 1 aromatic heterocycles. The van der Waals surface area contributed by atoms with Crippen LogP contribution in [0.5, 0.6) is 0 Å². The molecule has 1 amide bonds. The van der Waals surface area contributed by atoms with Gasteiger partial charge >= 0.3 is 0 Å². The molecule has 3 aromatic rings. The molecular formula is C23H21ClF2N6O. The summed E-state index contributed by atoms with van der Waals surface area (Å²) in [7, 11) is 0. The standard InChI is InChI=1S/C23H21ClF2N6O/c1-3-19(33)31-6-8-32(9-7-31)23-17-11-18(24)20(21(26)22(17)27-13-28-23)16-10-15(30-29-12-25)5-4-14(16)2/h3-5,10-11,13H,1,6-9,12H2,2H3. The zero-order chi connectivity index (χ0) is 23.5. The molecule has 1 saturated heterocycles. The first kappa shape index (κ1) is 22.7. The Hall–Kier alpha value is -3.46. The van der Waals surface area contributed by atoms with E-state index in [0.717, 1.165) is 5.56 Å². The van der Waals surface area contributed by atoms with Crippen molar-refractivity contribution in [1.82, 2.24) is 14.9 Å². The Bertz CT molecular complexity index is 1260. The molecule has 0 unspecified atom stereocenters. The molecule has 1 fully saturated rings. The minimum Gasteiger partial charge on any atom is -0.352 e. The summed E-state index contributed by atoms with van der Waals surface area (Å²) in [6.07, 6.45) is 2.61. The monoisotopic (exact) mass is 470 g/mol.